The Labute approximate surface area is 137 Å². The fourth-order valence-corrected chi connectivity index (χ4v) is 1.78. The van der Waals surface area contributed by atoms with Gasteiger partial charge >= 0.3 is 11.9 Å². The van der Waals surface area contributed by atoms with E-state index in [2.05, 4.69) is 21.2 Å². The number of hydrogen-bond acceptors (Lipinski definition) is 5. The second-order valence-corrected chi connectivity index (χ2v) is 5.03. The van der Waals surface area contributed by atoms with E-state index in [0.717, 1.165) is 35.5 Å². The van der Waals surface area contributed by atoms with Gasteiger partial charge in [-0.1, -0.05) is 15.9 Å². The Kier molecular flexibility index (Phi) is 11.1. The molecule has 1 aromatic rings. The maximum absolute atomic E-state index is 9.10. The Morgan fingerprint density at radius 2 is 1.77 bits per heavy atom. The van der Waals surface area contributed by atoms with Crippen LogP contribution in [-0.4, -0.2) is 55.6 Å². The van der Waals surface area contributed by atoms with Crippen molar-refractivity contribution < 1.29 is 29.3 Å². The number of nitrogens with one attached hydrogen (secondary N) is 1. The lowest BCUT2D eigenvalue weighted by molar-refractivity contribution is -0.159. The van der Waals surface area contributed by atoms with Gasteiger partial charge in [0.1, 0.15) is 12.4 Å². The molecule has 0 aliphatic rings. The van der Waals surface area contributed by atoms with Crippen LogP contribution in [0.5, 0.6) is 5.75 Å². The van der Waals surface area contributed by atoms with E-state index in [1.54, 1.807) is 7.11 Å². The Hall–Kier alpha value is -1.64. The topological polar surface area (TPSA) is 105 Å². The molecule has 7 nitrogen and oxygen atoms in total. The van der Waals surface area contributed by atoms with Gasteiger partial charge in [0.25, 0.3) is 0 Å². The molecule has 124 valence electrons. The maximum Gasteiger partial charge on any atom is 0.414 e. The van der Waals surface area contributed by atoms with Crippen LogP contribution in [0.25, 0.3) is 0 Å². The van der Waals surface area contributed by atoms with Gasteiger partial charge in [0.15, 0.2) is 0 Å². The molecular formula is C14H20BrNO6. The summed E-state index contributed by atoms with van der Waals surface area (Å²) < 4.78 is 11.7. The van der Waals surface area contributed by atoms with Crippen molar-refractivity contribution in [2.24, 2.45) is 0 Å². The first-order valence-corrected chi connectivity index (χ1v) is 7.22. The van der Waals surface area contributed by atoms with Gasteiger partial charge in [0.2, 0.25) is 0 Å². The van der Waals surface area contributed by atoms with Crippen molar-refractivity contribution in [3.05, 3.63) is 28.2 Å². The summed E-state index contributed by atoms with van der Waals surface area (Å²) in [6, 6.07) is 6.02. The number of methoxy groups -OCH3 is 1. The predicted octanol–water partition coefficient (Wildman–Crippen LogP) is 1.53. The molecule has 0 aliphatic heterocycles. The smallest absolute Gasteiger partial charge is 0.414 e. The standard InChI is InChI=1S/C12H18BrNO2.C2H2O4/c1-10-9-11(13)3-4-12(10)16-8-6-14-5-7-15-2;3-1(4)2(5)6/h3-4,9,14H,5-8H2,1-2H3;(H,3,4)(H,5,6). The number of ether oxygens (including phenoxy) is 2. The molecule has 1 rings (SSSR count). The molecular weight excluding hydrogens is 358 g/mol. The second-order valence-electron chi connectivity index (χ2n) is 4.11. The van der Waals surface area contributed by atoms with E-state index in [4.69, 9.17) is 29.3 Å². The molecule has 0 amide bonds. The molecule has 0 bridgehead atoms. The first-order valence-electron chi connectivity index (χ1n) is 6.43. The third-order valence-corrected chi connectivity index (χ3v) is 2.83. The van der Waals surface area contributed by atoms with Crippen LogP contribution in [0.1, 0.15) is 5.56 Å². The highest BCUT2D eigenvalue weighted by Gasteiger charge is 2.04. The number of benzene rings is 1. The highest BCUT2D eigenvalue weighted by Crippen LogP contribution is 2.21. The van der Waals surface area contributed by atoms with Gasteiger partial charge in [-0.25, -0.2) is 9.59 Å². The number of halogens is 1. The Morgan fingerprint density at radius 3 is 2.27 bits per heavy atom. The summed E-state index contributed by atoms with van der Waals surface area (Å²) in [5.41, 5.74) is 1.14. The number of rotatable bonds is 7. The van der Waals surface area contributed by atoms with Crippen LogP contribution < -0.4 is 10.1 Å². The van der Waals surface area contributed by atoms with Crippen molar-refractivity contribution in [1.82, 2.24) is 5.32 Å². The molecule has 0 saturated carbocycles. The van der Waals surface area contributed by atoms with Gasteiger partial charge in [-0.3, -0.25) is 0 Å². The molecule has 0 saturated heterocycles. The third kappa shape index (κ3) is 10.1. The van der Waals surface area contributed by atoms with E-state index in [-0.39, 0.29) is 0 Å². The first kappa shape index (κ1) is 20.4. The zero-order valence-electron chi connectivity index (χ0n) is 12.5. The number of aryl methyl sites for hydroxylation is 1. The van der Waals surface area contributed by atoms with Crippen molar-refractivity contribution in [3.8, 4) is 5.75 Å². The lowest BCUT2D eigenvalue weighted by Gasteiger charge is -2.09. The van der Waals surface area contributed by atoms with Gasteiger partial charge < -0.3 is 25.0 Å². The molecule has 0 unspecified atom stereocenters. The fraction of sp³-hybridized carbons (Fsp3) is 0.429. The molecule has 0 spiro atoms. The summed E-state index contributed by atoms with van der Waals surface area (Å²) in [6.07, 6.45) is 0. The molecule has 0 heterocycles. The van der Waals surface area contributed by atoms with Crippen molar-refractivity contribution >= 4 is 27.9 Å². The molecule has 22 heavy (non-hydrogen) atoms. The van der Waals surface area contributed by atoms with Crippen molar-refractivity contribution in [1.29, 1.82) is 0 Å². The third-order valence-electron chi connectivity index (χ3n) is 2.34. The van der Waals surface area contributed by atoms with Gasteiger partial charge in [-0.2, -0.15) is 0 Å². The van der Waals surface area contributed by atoms with Crippen LogP contribution in [0, 0.1) is 6.92 Å². The largest absolute Gasteiger partial charge is 0.492 e. The molecule has 0 aromatic heterocycles. The fourth-order valence-electron chi connectivity index (χ4n) is 1.31. The maximum atomic E-state index is 9.10. The molecule has 0 atom stereocenters. The van der Waals surface area contributed by atoms with Gasteiger partial charge in [-0.05, 0) is 30.7 Å². The van der Waals surface area contributed by atoms with Crippen LogP contribution in [-0.2, 0) is 14.3 Å². The minimum absolute atomic E-state index is 0.673. The van der Waals surface area contributed by atoms with Crippen LogP contribution in [0.4, 0.5) is 0 Å². The van der Waals surface area contributed by atoms with E-state index >= 15 is 0 Å². The van der Waals surface area contributed by atoms with Crippen LogP contribution in [0.15, 0.2) is 22.7 Å². The summed E-state index contributed by atoms with van der Waals surface area (Å²) in [4.78, 5) is 18.2. The van der Waals surface area contributed by atoms with Gasteiger partial charge in [0, 0.05) is 24.7 Å². The number of carboxylic acid groups (broad SMARTS) is 2. The SMILES string of the molecule is COCCNCCOc1ccc(Br)cc1C.O=C(O)C(=O)O. The lowest BCUT2D eigenvalue weighted by Crippen LogP contribution is -2.24. The normalized spacial score (nSPS) is 9.59. The predicted molar refractivity (Wildman–Crippen MR) is 84.4 cm³/mol. The molecule has 1 aromatic carbocycles. The van der Waals surface area contributed by atoms with Crippen molar-refractivity contribution in [2.45, 2.75) is 6.92 Å². The van der Waals surface area contributed by atoms with E-state index < -0.39 is 11.9 Å². The zero-order valence-corrected chi connectivity index (χ0v) is 14.1. The van der Waals surface area contributed by atoms with Crippen LogP contribution in [0.2, 0.25) is 0 Å². The van der Waals surface area contributed by atoms with E-state index in [1.807, 2.05) is 25.1 Å². The van der Waals surface area contributed by atoms with E-state index in [9.17, 15) is 0 Å². The number of carboxylic acids is 2. The highest BCUT2D eigenvalue weighted by molar-refractivity contribution is 9.10. The summed E-state index contributed by atoms with van der Waals surface area (Å²) in [7, 11) is 1.70. The summed E-state index contributed by atoms with van der Waals surface area (Å²) >= 11 is 3.42. The molecule has 0 fully saturated rings. The van der Waals surface area contributed by atoms with Gasteiger partial charge in [0.05, 0.1) is 6.61 Å². The number of aliphatic carboxylic acids is 2. The van der Waals surface area contributed by atoms with Gasteiger partial charge in [-0.15, -0.1) is 0 Å². The van der Waals surface area contributed by atoms with Crippen LogP contribution >= 0.6 is 15.9 Å². The summed E-state index contributed by atoms with van der Waals surface area (Å²) in [5.74, 6) is -2.71. The summed E-state index contributed by atoms with van der Waals surface area (Å²) in [5, 5.41) is 18.0. The minimum Gasteiger partial charge on any atom is -0.492 e. The Morgan fingerprint density at radius 1 is 1.18 bits per heavy atom. The molecule has 8 heteroatoms. The molecule has 3 N–H and O–H groups in total. The van der Waals surface area contributed by atoms with E-state index in [0.29, 0.717) is 6.61 Å². The Bertz CT molecular complexity index is 468. The second kappa shape index (κ2) is 12.0. The minimum atomic E-state index is -1.82. The lowest BCUT2D eigenvalue weighted by atomic mass is 10.2. The number of hydrogen-bond donors (Lipinski definition) is 3. The number of carbonyl (C=O) groups is 2. The van der Waals surface area contributed by atoms with Crippen molar-refractivity contribution in [2.75, 3.05) is 33.4 Å². The van der Waals surface area contributed by atoms with E-state index in [1.165, 1.54) is 0 Å². The average molecular weight is 378 g/mol. The molecule has 0 radical (unpaired) electrons. The molecule has 0 aliphatic carbocycles. The zero-order chi connectivity index (χ0) is 17.0. The average Bonchev–Trinajstić information content (AvgIpc) is 2.45. The highest BCUT2D eigenvalue weighted by atomic mass is 79.9. The van der Waals surface area contributed by atoms with Crippen LogP contribution in [0.3, 0.4) is 0 Å². The first-order chi connectivity index (χ1) is 10.4. The monoisotopic (exact) mass is 377 g/mol. The van der Waals surface area contributed by atoms with Crippen molar-refractivity contribution in [3.63, 3.8) is 0 Å². The quantitative estimate of drug-likeness (QED) is 0.488. The summed E-state index contributed by atoms with van der Waals surface area (Å²) in [6.45, 7) is 5.14. The Balaban J connectivity index is 0.000000626.